The van der Waals surface area contributed by atoms with Crippen molar-refractivity contribution in [3.8, 4) is 0 Å². The monoisotopic (exact) mass is 103 g/mol. The van der Waals surface area contributed by atoms with Crippen LogP contribution in [-0.2, 0) is 0 Å². The lowest BCUT2D eigenvalue weighted by molar-refractivity contribution is -0.624. The van der Waals surface area contributed by atoms with Gasteiger partial charge in [-0.2, -0.15) is 0 Å². The summed E-state index contributed by atoms with van der Waals surface area (Å²) in [7, 11) is 0. The normalized spacial score (nSPS) is 14.1. The molecule has 2 nitrogen and oxygen atoms in total. The summed E-state index contributed by atoms with van der Waals surface area (Å²) in [5.41, 5.74) is 1.00. The summed E-state index contributed by atoms with van der Waals surface area (Å²) in [5, 5.41) is 9.89. The molecule has 0 radical (unpaired) electrons. The maximum Gasteiger partial charge on any atom is 0.0827 e. The largest absolute Gasteiger partial charge is 0.636 e. The van der Waals surface area contributed by atoms with Gasteiger partial charge in [-0.05, 0) is 13.3 Å². The highest BCUT2D eigenvalue weighted by molar-refractivity contribution is 4.41. The van der Waals surface area contributed by atoms with E-state index in [9.17, 15) is 5.21 Å². The summed E-state index contributed by atoms with van der Waals surface area (Å²) in [6.45, 7) is 4.02. The predicted octanol–water partition coefficient (Wildman–Crippen LogP) is 0.236. The van der Waals surface area contributed by atoms with E-state index in [1.165, 1.54) is 0 Å². The van der Waals surface area contributed by atoms with Crippen molar-refractivity contribution in [2.45, 2.75) is 32.7 Å². The third-order valence-corrected chi connectivity index (χ3v) is 0.976. The zero-order chi connectivity index (χ0) is 5.70. The molecule has 44 valence electrons. The Hall–Kier alpha value is -0.0800. The van der Waals surface area contributed by atoms with Crippen LogP contribution in [0.25, 0.3) is 0 Å². The maximum atomic E-state index is 9.89. The molecular weight excluding hydrogens is 90.1 g/mol. The van der Waals surface area contributed by atoms with Gasteiger partial charge < -0.3 is 10.7 Å². The topological polar surface area (TPSA) is 39.7 Å². The summed E-state index contributed by atoms with van der Waals surface area (Å²) >= 11 is 0. The molecule has 0 aliphatic rings. The third kappa shape index (κ3) is 3.76. The van der Waals surface area contributed by atoms with Crippen molar-refractivity contribution in [2.75, 3.05) is 0 Å². The van der Waals surface area contributed by atoms with E-state index in [-0.39, 0.29) is 6.04 Å². The molecule has 1 atom stereocenters. The molecule has 0 fully saturated rings. The fraction of sp³-hybridized carbons (Fsp3) is 1.00. The van der Waals surface area contributed by atoms with E-state index in [1.807, 2.05) is 6.92 Å². The number of rotatable bonds is 3. The van der Waals surface area contributed by atoms with Crippen LogP contribution in [0, 0.1) is 5.21 Å². The zero-order valence-electron chi connectivity index (χ0n) is 4.98. The quantitative estimate of drug-likeness (QED) is 0.510. The van der Waals surface area contributed by atoms with Crippen molar-refractivity contribution in [1.82, 2.24) is 0 Å². The van der Waals surface area contributed by atoms with E-state index in [1.54, 1.807) is 0 Å². The van der Waals surface area contributed by atoms with Crippen molar-refractivity contribution in [2.24, 2.45) is 0 Å². The molecular formula is C5H13NO. The van der Waals surface area contributed by atoms with E-state index in [0.717, 1.165) is 18.3 Å². The summed E-state index contributed by atoms with van der Waals surface area (Å²) < 4.78 is 0. The van der Waals surface area contributed by atoms with Gasteiger partial charge in [-0.1, -0.05) is 13.3 Å². The Kier molecular flexibility index (Phi) is 4.04. The molecule has 0 aromatic heterocycles. The zero-order valence-corrected chi connectivity index (χ0v) is 4.98. The van der Waals surface area contributed by atoms with Crippen LogP contribution in [0.5, 0.6) is 0 Å². The van der Waals surface area contributed by atoms with E-state index in [4.69, 9.17) is 0 Å². The fourth-order valence-corrected chi connectivity index (χ4v) is 0.523. The summed E-state index contributed by atoms with van der Waals surface area (Å²) in [6, 6.07) is 0.269. The molecule has 2 N–H and O–H groups in total. The van der Waals surface area contributed by atoms with E-state index in [2.05, 4.69) is 6.92 Å². The number of hydrogen-bond donors (Lipinski definition) is 1. The smallest absolute Gasteiger partial charge is 0.0827 e. The Labute approximate surface area is 44.5 Å². The maximum absolute atomic E-state index is 9.89. The van der Waals surface area contributed by atoms with Crippen molar-refractivity contribution < 1.29 is 5.48 Å². The second-order valence-corrected chi connectivity index (χ2v) is 1.90. The lowest BCUT2D eigenvalue weighted by Crippen LogP contribution is -2.83. The van der Waals surface area contributed by atoms with Crippen molar-refractivity contribution >= 4 is 0 Å². The van der Waals surface area contributed by atoms with Crippen LogP contribution in [-0.4, -0.2) is 6.04 Å². The van der Waals surface area contributed by atoms with Crippen LogP contribution in [0.15, 0.2) is 0 Å². The van der Waals surface area contributed by atoms with Crippen molar-refractivity contribution in [3.63, 3.8) is 0 Å². The van der Waals surface area contributed by atoms with Crippen LogP contribution in [0.1, 0.15) is 26.7 Å². The van der Waals surface area contributed by atoms with Gasteiger partial charge in [0.1, 0.15) is 0 Å². The Bertz CT molecular complexity index is 39.1. The highest BCUT2D eigenvalue weighted by atomic mass is 16.5. The number of quaternary nitrogens is 1. The summed E-state index contributed by atoms with van der Waals surface area (Å²) in [4.78, 5) is 0. The van der Waals surface area contributed by atoms with Crippen molar-refractivity contribution in [3.05, 3.63) is 5.21 Å². The SMILES string of the molecule is CCCC(C)[NH2+][O-]. The molecule has 7 heavy (non-hydrogen) atoms. The minimum Gasteiger partial charge on any atom is -0.636 e. The predicted molar refractivity (Wildman–Crippen MR) is 29.7 cm³/mol. The molecule has 1 unspecified atom stereocenters. The second kappa shape index (κ2) is 4.09. The second-order valence-electron chi connectivity index (χ2n) is 1.90. The Morgan fingerprint density at radius 1 is 1.71 bits per heavy atom. The molecule has 0 aromatic rings. The highest BCUT2D eigenvalue weighted by Gasteiger charge is 1.93. The van der Waals surface area contributed by atoms with Gasteiger partial charge in [-0.15, -0.1) is 0 Å². The molecule has 0 aliphatic carbocycles. The van der Waals surface area contributed by atoms with Gasteiger partial charge in [0.05, 0.1) is 6.04 Å². The minimum absolute atomic E-state index is 0.269. The number of nitrogens with two attached hydrogens (primary N) is 1. The van der Waals surface area contributed by atoms with Gasteiger partial charge in [-0.3, -0.25) is 0 Å². The van der Waals surface area contributed by atoms with Gasteiger partial charge in [0.15, 0.2) is 0 Å². The molecule has 0 rings (SSSR count). The molecule has 0 heterocycles. The first-order valence-corrected chi connectivity index (χ1v) is 2.76. The van der Waals surface area contributed by atoms with Crippen LogP contribution in [0.4, 0.5) is 0 Å². The molecule has 0 saturated carbocycles. The summed E-state index contributed by atoms with van der Waals surface area (Å²) in [6.07, 6.45) is 2.14. The van der Waals surface area contributed by atoms with Gasteiger partial charge in [0.2, 0.25) is 0 Å². The van der Waals surface area contributed by atoms with Crippen LogP contribution in [0.2, 0.25) is 0 Å². The standard InChI is InChI=1S/C5H13NO/c1-3-4-5(2)6-7/h5H,3-4,6H2,1-2H3. The molecule has 0 amide bonds. The first kappa shape index (κ1) is 6.92. The fourth-order valence-electron chi connectivity index (χ4n) is 0.523. The van der Waals surface area contributed by atoms with Gasteiger partial charge >= 0.3 is 0 Å². The lowest BCUT2D eigenvalue weighted by atomic mass is 10.2. The average molecular weight is 103 g/mol. The first-order valence-electron chi connectivity index (χ1n) is 2.76. The lowest BCUT2D eigenvalue weighted by Gasteiger charge is -2.08. The molecule has 0 saturated heterocycles. The Morgan fingerprint density at radius 3 is 2.43 bits per heavy atom. The number of hydroxylamine groups is 1. The average Bonchev–Trinajstić information content (AvgIpc) is 1.68. The van der Waals surface area contributed by atoms with E-state index >= 15 is 0 Å². The van der Waals surface area contributed by atoms with Crippen LogP contribution < -0.4 is 5.48 Å². The molecule has 0 aromatic carbocycles. The Balaban J connectivity index is 2.83. The molecule has 2 heteroatoms. The molecule has 0 aliphatic heterocycles. The van der Waals surface area contributed by atoms with Gasteiger partial charge in [-0.25, -0.2) is 0 Å². The highest BCUT2D eigenvalue weighted by Crippen LogP contribution is 1.87. The molecule has 0 bridgehead atoms. The van der Waals surface area contributed by atoms with Gasteiger partial charge in [0, 0.05) is 0 Å². The van der Waals surface area contributed by atoms with E-state index in [0.29, 0.717) is 0 Å². The Morgan fingerprint density at radius 2 is 2.29 bits per heavy atom. The molecule has 0 spiro atoms. The summed E-state index contributed by atoms with van der Waals surface area (Å²) in [5.74, 6) is 0. The van der Waals surface area contributed by atoms with Crippen LogP contribution >= 0.6 is 0 Å². The first-order chi connectivity index (χ1) is 3.31. The van der Waals surface area contributed by atoms with E-state index < -0.39 is 0 Å². The number of hydrogen-bond acceptors (Lipinski definition) is 1. The van der Waals surface area contributed by atoms with Crippen molar-refractivity contribution in [1.29, 1.82) is 0 Å². The third-order valence-electron chi connectivity index (χ3n) is 0.976. The van der Waals surface area contributed by atoms with Crippen LogP contribution in [0.3, 0.4) is 0 Å². The van der Waals surface area contributed by atoms with Gasteiger partial charge in [0.25, 0.3) is 0 Å². The minimum atomic E-state index is 0.269.